The predicted molar refractivity (Wildman–Crippen MR) is 122 cm³/mol. The average Bonchev–Trinajstić information content (AvgIpc) is 2.77. The fourth-order valence-corrected chi connectivity index (χ4v) is 5.44. The Bertz CT molecular complexity index is 987. The second-order valence-corrected chi connectivity index (χ2v) is 9.41. The first-order chi connectivity index (χ1) is 14.1. The van der Waals surface area contributed by atoms with Gasteiger partial charge in [-0.3, -0.25) is 0 Å². The molecule has 0 aliphatic carbocycles. The zero-order valence-corrected chi connectivity index (χ0v) is 17.6. The number of rotatable bonds is 6. The second kappa shape index (κ2) is 8.59. The third kappa shape index (κ3) is 4.55. The highest BCUT2D eigenvalue weighted by atomic mass is 32.2. The first-order valence-corrected chi connectivity index (χ1v) is 11.0. The van der Waals surface area contributed by atoms with Crippen molar-refractivity contribution in [2.75, 3.05) is 0 Å². The Kier molecular flexibility index (Phi) is 5.73. The molecule has 0 spiro atoms. The van der Waals surface area contributed by atoms with Gasteiger partial charge in [0.25, 0.3) is 0 Å². The molecule has 4 aromatic carbocycles. The van der Waals surface area contributed by atoms with Gasteiger partial charge in [-0.2, -0.15) is 0 Å². The quantitative estimate of drug-likeness (QED) is 0.315. The van der Waals surface area contributed by atoms with Crippen molar-refractivity contribution >= 4 is 10.9 Å². The van der Waals surface area contributed by atoms with Gasteiger partial charge in [0, 0.05) is 0 Å². The minimum atomic E-state index is -0.386. The van der Waals surface area contributed by atoms with Crippen LogP contribution in [-0.4, -0.2) is 0 Å². The number of benzene rings is 4. The van der Waals surface area contributed by atoms with Gasteiger partial charge in [0.05, 0.1) is 10.9 Å². The minimum absolute atomic E-state index is 0.138. The molecule has 0 aromatic heterocycles. The van der Waals surface area contributed by atoms with Crippen LogP contribution in [0.5, 0.6) is 5.75 Å². The zero-order chi connectivity index (χ0) is 20.1. The fourth-order valence-electron chi connectivity index (χ4n) is 3.36. The van der Waals surface area contributed by atoms with E-state index in [2.05, 4.69) is 123 Å². The first-order valence-electron chi connectivity index (χ1n) is 9.82. The van der Waals surface area contributed by atoms with E-state index in [1.165, 1.54) is 14.7 Å². The van der Waals surface area contributed by atoms with Crippen LogP contribution in [0.25, 0.3) is 0 Å². The zero-order valence-electron chi connectivity index (χ0n) is 16.8. The molecule has 0 saturated heterocycles. The van der Waals surface area contributed by atoms with Crippen molar-refractivity contribution in [3.05, 3.63) is 121 Å². The van der Waals surface area contributed by atoms with E-state index >= 15 is 0 Å². The van der Waals surface area contributed by atoms with Gasteiger partial charge in [-0.25, -0.2) is 0 Å². The summed E-state index contributed by atoms with van der Waals surface area (Å²) in [6, 6.07) is 40.3. The molecule has 0 radical (unpaired) electrons. The van der Waals surface area contributed by atoms with Crippen LogP contribution in [0.2, 0.25) is 0 Å². The Morgan fingerprint density at radius 2 is 0.931 bits per heavy atom. The molecule has 0 amide bonds. The van der Waals surface area contributed by atoms with Gasteiger partial charge in [0.2, 0.25) is 0 Å². The van der Waals surface area contributed by atoms with Gasteiger partial charge < -0.3 is 4.74 Å². The van der Waals surface area contributed by atoms with Gasteiger partial charge >= 0.3 is 0 Å². The van der Waals surface area contributed by atoms with Crippen molar-refractivity contribution in [3.8, 4) is 5.75 Å². The molecule has 4 rings (SSSR count). The molecule has 29 heavy (non-hydrogen) atoms. The van der Waals surface area contributed by atoms with Crippen LogP contribution in [-0.2, 0) is 16.5 Å². The van der Waals surface area contributed by atoms with E-state index in [1.807, 2.05) is 6.07 Å². The van der Waals surface area contributed by atoms with Crippen molar-refractivity contribution in [2.45, 2.75) is 34.1 Å². The molecule has 2 heteroatoms. The summed E-state index contributed by atoms with van der Waals surface area (Å²) in [6.07, 6.45) is 0. The highest BCUT2D eigenvalue weighted by Crippen LogP contribution is 2.33. The lowest BCUT2D eigenvalue weighted by Crippen LogP contribution is -2.25. The second-order valence-electron chi connectivity index (χ2n) is 7.38. The van der Waals surface area contributed by atoms with Gasteiger partial charge in [0.15, 0.2) is 14.7 Å². The maximum absolute atomic E-state index is 6.34. The lowest BCUT2D eigenvalue weighted by Gasteiger charge is -2.27. The molecule has 144 valence electrons. The summed E-state index contributed by atoms with van der Waals surface area (Å²) in [5.74, 6) is 0.882. The summed E-state index contributed by atoms with van der Waals surface area (Å²) >= 11 is 0. The van der Waals surface area contributed by atoms with Crippen LogP contribution in [0, 0.1) is 0 Å². The molecular formula is C27H25OS+. The Morgan fingerprint density at radius 1 is 0.517 bits per heavy atom. The number of hydrogen-bond donors (Lipinski definition) is 0. The molecule has 1 nitrogen and oxygen atoms in total. The van der Waals surface area contributed by atoms with Gasteiger partial charge in [-0.05, 0) is 67.9 Å². The summed E-state index contributed by atoms with van der Waals surface area (Å²) in [5, 5.41) is 0. The highest BCUT2D eigenvalue weighted by Gasteiger charge is 2.29. The van der Waals surface area contributed by atoms with Crippen molar-refractivity contribution in [2.24, 2.45) is 0 Å². The van der Waals surface area contributed by atoms with Crippen molar-refractivity contribution in [1.29, 1.82) is 0 Å². The maximum Gasteiger partial charge on any atom is 0.166 e. The average molecular weight is 398 g/mol. The first kappa shape index (κ1) is 19.4. The van der Waals surface area contributed by atoms with Crippen LogP contribution in [0.3, 0.4) is 0 Å². The predicted octanol–water partition coefficient (Wildman–Crippen LogP) is 7.10. The topological polar surface area (TPSA) is 9.23 Å². The van der Waals surface area contributed by atoms with Crippen molar-refractivity contribution in [1.82, 2.24) is 0 Å². The molecule has 0 saturated carbocycles. The SMILES string of the molecule is CC(C)(Oc1ccc([S+](c2ccccc2)c2ccccc2)cc1)c1ccccc1. The van der Waals surface area contributed by atoms with Gasteiger partial charge in [0.1, 0.15) is 11.4 Å². The van der Waals surface area contributed by atoms with E-state index < -0.39 is 0 Å². The summed E-state index contributed by atoms with van der Waals surface area (Å²) in [6.45, 7) is 4.21. The normalized spacial score (nSPS) is 11.4. The number of ether oxygens (including phenoxy) is 1. The Hall–Kier alpha value is -2.97. The Morgan fingerprint density at radius 3 is 1.41 bits per heavy atom. The summed E-state index contributed by atoms with van der Waals surface area (Å²) < 4.78 is 6.34. The third-order valence-corrected chi connectivity index (χ3v) is 7.09. The summed E-state index contributed by atoms with van der Waals surface area (Å²) in [4.78, 5) is 3.92. The largest absolute Gasteiger partial charge is 0.483 e. The fraction of sp³-hybridized carbons (Fsp3) is 0.111. The molecule has 0 heterocycles. The van der Waals surface area contributed by atoms with Crippen LogP contribution in [0.15, 0.2) is 130 Å². The molecule has 0 bridgehead atoms. The maximum atomic E-state index is 6.34. The van der Waals surface area contributed by atoms with E-state index in [4.69, 9.17) is 4.74 Å². The molecule has 0 fully saturated rings. The van der Waals surface area contributed by atoms with E-state index in [9.17, 15) is 0 Å². The van der Waals surface area contributed by atoms with E-state index in [0.717, 1.165) is 11.3 Å². The Balaban J connectivity index is 1.63. The monoisotopic (exact) mass is 397 g/mol. The molecule has 0 atom stereocenters. The molecule has 0 aliphatic rings. The third-order valence-electron chi connectivity index (χ3n) is 4.86. The van der Waals surface area contributed by atoms with Gasteiger partial charge in [-0.1, -0.05) is 66.7 Å². The highest BCUT2D eigenvalue weighted by molar-refractivity contribution is 7.97. The van der Waals surface area contributed by atoms with Crippen LogP contribution < -0.4 is 4.74 Å². The van der Waals surface area contributed by atoms with E-state index in [0.29, 0.717) is 0 Å². The standard InChI is InChI=1S/C27H25OS/c1-27(2,22-12-6-3-7-13-22)28-23-18-20-26(21-19-23)29(24-14-8-4-9-15-24)25-16-10-5-11-17-25/h3-21H,1-2H3/q+1. The van der Waals surface area contributed by atoms with Crippen LogP contribution in [0.1, 0.15) is 19.4 Å². The Labute approximate surface area is 176 Å². The molecular weight excluding hydrogens is 372 g/mol. The van der Waals surface area contributed by atoms with E-state index in [1.54, 1.807) is 0 Å². The minimum Gasteiger partial charge on any atom is -0.483 e. The molecule has 0 aliphatic heterocycles. The van der Waals surface area contributed by atoms with Crippen LogP contribution >= 0.6 is 0 Å². The number of hydrogen-bond acceptors (Lipinski definition) is 1. The lowest BCUT2D eigenvalue weighted by atomic mass is 9.98. The molecule has 4 aromatic rings. The van der Waals surface area contributed by atoms with Crippen LogP contribution in [0.4, 0.5) is 0 Å². The smallest absolute Gasteiger partial charge is 0.166 e. The summed E-state index contributed by atoms with van der Waals surface area (Å²) in [7, 11) is -0.138. The van der Waals surface area contributed by atoms with Gasteiger partial charge in [-0.15, -0.1) is 0 Å². The lowest BCUT2D eigenvalue weighted by molar-refractivity contribution is 0.109. The molecule has 0 unspecified atom stereocenters. The molecule has 0 N–H and O–H groups in total. The van der Waals surface area contributed by atoms with Crippen molar-refractivity contribution in [3.63, 3.8) is 0 Å². The van der Waals surface area contributed by atoms with Crippen molar-refractivity contribution < 1.29 is 4.74 Å². The summed E-state index contributed by atoms with van der Waals surface area (Å²) in [5.41, 5.74) is 0.779. The van der Waals surface area contributed by atoms with E-state index in [-0.39, 0.29) is 16.5 Å².